The van der Waals surface area contributed by atoms with Gasteiger partial charge in [0.2, 0.25) is 5.91 Å². The van der Waals surface area contributed by atoms with Crippen molar-refractivity contribution in [2.45, 2.75) is 63.8 Å². The first-order valence-electron chi connectivity index (χ1n) is 12.0. The van der Waals surface area contributed by atoms with Crippen molar-refractivity contribution >= 4 is 5.91 Å². The molecule has 0 unspecified atom stereocenters. The number of piperidine rings is 3. The van der Waals surface area contributed by atoms with Crippen LogP contribution in [0.1, 0.15) is 56.9 Å². The lowest BCUT2D eigenvalue weighted by Crippen LogP contribution is -2.46. The molecule has 0 atom stereocenters. The summed E-state index contributed by atoms with van der Waals surface area (Å²) in [6, 6.07) is 11.6. The standard InChI is InChI=1S/C25H39N3O/c29-25(28-18-12-23(13-19-28)20-22-4-2-1-3-5-22)7-6-21-10-16-27(17-11-21)24-8-14-26-15-9-24/h1-5,21,23-24,26H,6-20H2. The van der Waals surface area contributed by atoms with Gasteiger partial charge in [-0.25, -0.2) is 0 Å². The number of hydrogen-bond donors (Lipinski definition) is 1. The molecular weight excluding hydrogens is 358 g/mol. The van der Waals surface area contributed by atoms with Crippen LogP contribution in [0.5, 0.6) is 0 Å². The smallest absolute Gasteiger partial charge is 0.222 e. The Kier molecular flexibility index (Phi) is 7.61. The summed E-state index contributed by atoms with van der Waals surface area (Å²) < 4.78 is 0. The number of rotatable bonds is 6. The van der Waals surface area contributed by atoms with Crippen molar-refractivity contribution in [1.29, 1.82) is 0 Å². The fourth-order valence-corrected chi connectivity index (χ4v) is 5.60. The number of carbonyl (C=O) groups is 1. The highest BCUT2D eigenvalue weighted by Crippen LogP contribution is 2.27. The zero-order valence-electron chi connectivity index (χ0n) is 18.0. The molecule has 0 radical (unpaired) electrons. The molecule has 3 saturated heterocycles. The summed E-state index contributed by atoms with van der Waals surface area (Å²) in [7, 11) is 0. The summed E-state index contributed by atoms with van der Waals surface area (Å²) in [6.07, 6.45) is 10.5. The first-order chi connectivity index (χ1) is 14.3. The van der Waals surface area contributed by atoms with Crippen LogP contribution in [-0.4, -0.2) is 61.0 Å². The Hall–Kier alpha value is -1.39. The first kappa shape index (κ1) is 20.9. The van der Waals surface area contributed by atoms with Gasteiger partial charge in [0.1, 0.15) is 0 Å². The Bertz CT molecular complexity index is 612. The largest absolute Gasteiger partial charge is 0.343 e. The molecule has 3 heterocycles. The van der Waals surface area contributed by atoms with E-state index in [4.69, 9.17) is 0 Å². The maximum absolute atomic E-state index is 12.7. The van der Waals surface area contributed by atoms with Crippen LogP contribution >= 0.6 is 0 Å². The first-order valence-corrected chi connectivity index (χ1v) is 12.0. The van der Waals surface area contributed by atoms with Gasteiger partial charge in [-0.3, -0.25) is 4.79 Å². The van der Waals surface area contributed by atoms with E-state index in [9.17, 15) is 4.79 Å². The number of nitrogens with zero attached hydrogens (tertiary/aromatic N) is 2. The van der Waals surface area contributed by atoms with Crippen molar-refractivity contribution in [2.24, 2.45) is 11.8 Å². The van der Waals surface area contributed by atoms with Crippen LogP contribution in [0.3, 0.4) is 0 Å². The van der Waals surface area contributed by atoms with Gasteiger partial charge in [0.25, 0.3) is 0 Å². The van der Waals surface area contributed by atoms with Gasteiger partial charge in [-0.05, 0) is 94.9 Å². The second kappa shape index (κ2) is 10.6. The SMILES string of the molecule is O=C(CCC1CCN(C2CCNCC2)CC1)N1CCC(Cc2ccccc2)CC1. The van der Waals surface area contributed by atoms with Crippen LogP contribution in [0.25, 0.3) is 0 Å². The average Bonchev–Trinajstić information content (AvgIpc) is 2.80. The molecule has 29 heavy (non-hydrogen) atoms. The van der Waals surface area contributed by atoms with Gasteiger partial charge in [0, 0.05) is 25.6 Å². The summed E-state index contributed by atoms with van der Waals surface area (Å²) in [5.41, 5.74) is 1.44. The van der Waals surface area contributed by atoms with Crippen LogP contribution in [0.2, 0.25) is 0 Å². The molecule has 0 aromatic heterocycles. The molecule has 3 aliphatic rings. The number of hydrogen-bond acceptors (Lipinski definition) is 3. The Balaban J connectivity index is 1.12. The van der Waals surface area contributed by atoms with E-state index in [1.807, 2.05) is 0 Å². The van der Waals surface area contributed by atoms with Gasteiger partial charge < -0.3 is 15.1 Å². The lowest BCUT2D eigenvalue weighted by molar-refractivity contribution is -0.133. The summed E-state index contributed by atoms with van der Waals surface area (Å²) in [5.74, 6) is 1.90. The van der Waals surface area contributed by atoms with Crippen LogP contribution in [0.15, 0.2) is 30.3 Å². The third-order valence-corrected chi connectivity index (χ3v) is 7.58. The number of amides is 1. The Morgan fingerprint density at radius 1 is 0.862 bits per heavy atom. The Morgan fingerprint density at radius 3 is 2.21 bits per heavy atom. The molecule has 1 aromatic carbocycles. The van der Waals surface area contributed by atoms with Crippen LogP contribution in [-0.2, 0) is 11.2 Å². The molecule has 0 saturated carbocycles. The molecule has 0 aliphatic carbocycles. The highest BCUT2D eigenvalue weighted by atomic mass is 16.2. The maximum Gasteiger partial charge on any atom is 0.222 e. The monoisotopic (exact) mass is 397 g/mol. The molecule has 0 bridgehead atoms. The Morgan fingerprint density at radius 2 is 1.52 bits per heavy atom. The van der Waals surface area contributed by atoms with Gasteiger partial charge in [-0.2, -0.15) is 0 Å². The predicted molar refractivity (Wildman–Crippen MR) is 119 cm³/mol. The van der Waals surface area contributed by atoms with Crippen molar-refractivity contribution in [2.75, 3.05) is 39.3 Å². The highest BCUT2D eigenvalue weighted by Gasteiger charge is 2.27. The van der Waals surface area contributed by atoms with E-state index in [-0.39, 0.29) is 0 Å². The van der Waals surface area contributed by atoms with Crippen molar-refractivity contribution in [3.63, 3.8) is 0 Å². The molecule has 1 N–H and O–H groups in total. The molecule has 1 amide bonds. The normalized spacial score (nSPS) is 23.4. The highest BCUT2D eigenvalue weighted by molar-refractivity contribution is 5.76. The lowest BCUT2D eigenvalue weighted by atomic mass is 9.89. The molecule has 4 heteroatoms. The van der Waals surface area contributed by atoms with E-state index in [1.165, 1.54) is 63.8 Å². The number of carbonyl (C=O) groups excluding carboxylic acids is 1. The van der Waals surface area contributed by atoms with E-state index in [1.54, 1.807) is 0 Å². The maximum atomic E-state index is 12.7. The van der Waals surface area contributed by atoms with E-state index in [0.717, 1.165) is 56.7 Å². The van der Waals surface area contributed by atoms with Gasteiger partial charge in [0.15, 0.2) is 0 Å². The van der Waals surface area contributed by atoms with Gasteiger partial charge in [0.05, 0.1) is 0 Å². The van der Waals surface area contributed by atoms with Gasteiger partial charge in [-0.1, -0.05) is 30.3 Å². The van der Waals surface area contributed by atoms with E-state index < -0.39 is 0 Å². The van der Waals surface area contributed by atoms with E-state index >= 15 is 0 Å². The molecule has 0 spiro atoms. The molecule has 4 rings (SSSR count). The minimum atomic E-state index is 0.406. The number of likely N-dealkylation sites (tertiary alicyclic amines) is 2. The third-order valence-electron chi connectivity index (χ3n) is 7.58. The van der Waals surface area contributed by atoms with Crippen molar-refractivity contribution < 1.29 is 4.79 Å². The summed E-state index contributed by atoms with van der Waals surface area (Å²) in [4.78, 5) is 17.6. The second-order valence-electron chi connectivity index (χ2n) is 9.51. The van der Waals surface area contributed by atoms with Crippen LogP contribution in [0.4, 0.5) is 0 Å². The molecule has 160 valence electrons. The fourth-order valence-electron chi connectivity index (χ4n) is 5.60. The molecule has 3 aliphatic heterocycles. The van der Waals surface area contributed by atoms with Gasteiger partial charge >= 0.3 is 0 Å². The minimum absolute atomic E-state index is 0.406. The molecule has 4 nitrogen and oxygen atoms in total. The number of benzene rings is 1. The van der Waals surface area contributed by atoms with E-state index in [2.05, 4.69) is 45.4 Å². The average molecular weight is 398 g/mol. The number of nitrogens with one attached hydrogen (secondary N) is 1. The summed E-state index contributed by atoms with van der Waals surface area (Å²) >= 11 is 0. The predicted octanol–water partition coefficient (Wildman–Crippen LogP) is 3.71. The summed E-state index contributed by atoms with van der Waals surface area (Å²) in [5, 5.41) is 3.47. The third kappa shape index (κ3) is 6.05. The molecule has 1 aromatic rings. The summed E-state index contributed by atoms with van der Waals surface area (Å²) in [6.45, 7) is 6.78. The van der Waals surface area contributed by atoms with Crippen LogP contribution < -0.4 is 5.32 Å². The van der Waals surface area contributed by atoms with Crippen molar-refractivity contribution in [3.8, 4) is 0 Å². The zero-order chi connectivity index (χ0) is 19.9. The fraction of sp³-hybridized carbons (Fsp3) is 0.720. The Labute approximate surface area is 177 Å². The topological polar surface area (TPSA) is 35.6 Å². The zero-order valence-corrected chi connectivity index (χ0v) is 18.0. The minimum Gasteiger partial charge on any atom is -0.343 e. The molecular formula is C25H39N3O. The van der Waals surface area contributed by atoms with E-state index in [0.29, 0.717) is 5.91 Å². The quantitative estimate of drug-likeness (QED) is 0.795. The van der Waals surface area contributed by atoms with Crippen molar-refractivity contribution in [1.82, 2.24) is 15.1 Å². The lowest BCUT2D eigenvalue weighted by Gasteiger charge is -2.39. The van der Waals surface area contributed by atoms with Crippen LogP contribution in [0, 0.1) is 11.8 Å². The molecule has 3 fully saturated rings. The second-order valence-corrected chi connectivity index (χ2v) is 9.51. The van der Waals surface area contributed by atoms with Crippen molar-refractivity contribution in [3.05, 3.63) is 35.9 Å². The van der Waals surface area contributed by atoms with Gasteiger partial charge in [-0.15, -0.1) is 0 Å².